The highest BCUT2D eigenvalue weighted by molar-refractivity contribution is 6.31. The molecule has 0 radical (unpaired) electrons. The van der Waals surface area contributed by atoms with Crippen molar-refractivity contribution >= 4 is 39.2 Å². The number of hydrogen-bond donors (Lipinski definition) is 3. The Morgan fingerprint density at radius 1 is 1.10 bits per heavy atom. The van der Waals surface area contributed by atoms with E-state index in [1.165, 1.54) is 25.9 Å². The van der Waals surface area contributed by atoms with Gasteiger partial charge in [0.1, 0.15) is 11.4 Å². The number of hydrogen-bond acceptors (Lipinski definition) is 4. The van der Waals surface area contributed by atoms with E-state index >= 15 is 0 Å². The Morgan fingerprint density at radius 3 is 2.68 bits per heavy atom. The monoisotopic (exact) mass is 433 g/mol. The van der Waals surface area contributed by atoms with Crippen LogP contribution in [0, 0.1) is 12.8 Å². The van der Waals surface area contributed by atoms with Gasteiger partial charge in [-0.1, -0.05) is 23.2 Å². The van der Waals surface area contributed by atoms with Crippen molar-refractivity contribution in [3.63, 3.8) is 0 Å². The lowest BCUT2D eigenvalue weighted by atomic mass is 9.83. The van der Waals surface area contributed by atoms with E-state index in [9.17, 15) is 4.79 Å². The fourth-order valence-electron chi connectivity index (χ4n) is 5.19. The lowest BCUT2D eigenvalue weighted by molar-refractivity contribution is 0.0976. The third-order valence-corrected chi connectivity index (χ3v) is 7.07. The number of imidazole rings is 1. The SMILES string of the molecule is Cc1ccc2[nH]c(=O)c(-c3nc4cc(Cl)ccc4[nH]3)c(N[C@H]3CN4CCC3CC4)c2c1. The summed E-state index contributed by atoms with van der Waals surface area (Å²) in [6, 6.07) is 12.0. The van der Waals surface area contributed by atoms with Crippen LogP contribution in [0.1, 0.15) is 18.4 Å². The van der Waals surface area contributed by atoms with Gasteiger partial charge in [-0.25, -0.2) is 4.98 Å². The standard InChI is InChI=1S/C24H24ClN5O/c1-13-2-4-17-16(10-13)22(26-20-12-30-8-6-14(20)7-9-30)21(24(31)29-17)23-27-18-5-3-15(25)11-19(18)28-23/h2-5,10-11,14,20H,6-9,12H2,1H3,(H,27,28)(H2,26,29,31)/t20-/m0/s1. The molecule has 2 bridgehead atoms. The fourth-order valence-corrected chi connectivity index (χ4v) is 5.36. The Hall–Kier alpha value is -2.83. The zero-order valence-corrected chi connectivity index (χ0v) is 18.1. The number of anilines is 1. The molecule has 0 amide bonds. The average molecular weight is 434 g/mol. The van der Waals surface area contributed by atoms with Crippen molar-refractivity contribution in [3.05, 3.63) is 57.3 Å². The summed E-state index contributed by atoms with van der Waals surface area (Å²) in [4.78, 5) is 26.9. The van der Waals surface area contributed by atoms with Crippen molar-refractivity contribution in [1.29, 1.82) is 0 Å². The van der Waals surface area contributed by atoms with E-state index < -0.39 is 0 Å². The topological polar surface area (TPSA) is 76.8 Å². The van der Waals surface area contributed by atoms with Gasteiger partial charge in [0.15, 0.2) is 0 Å². The van der Waals surface area contributed by atoms with Crippen LogP contribution in [0.2, 0.25) is 5.02 Å². The molecule has 3 N–H and O–H groups in total. The van der Waals surface area contributed by atoms with Crippen LogP contribution < -0.4 is 10.9 Å². The lowest BCUT2D eigenvalue weighted by Crippen LogP contribution is -2.53. The molecule has 6 nitrogen and oxygen atoms in total. The number of pyridine rings is 1. The molecule has 7 heteroatoms. The second-order valence-electron chi connectivity index (χ2n) is 8.89. The average Bonchev–Trinajstić information content (AvgIpc) is 3.17. The maximum atomic E-state index is 13.3. The molecule has 0 aliphatic carbocycles. The molecule has 3 fully saturated rings. The van der Waals surface area contributed by atoms with Gasteiger partial charge in [-0.15, -0.1) is 0 Å². The molecule has 0 saturated carbocycles. The van der Waals surface area contributed by atoms with Crippen molar-refractivity contribution in [2.45, 2.75) is 25.8 Å². The molecular weight excluding hydrogens is 410 g/mol. The number of nitrogens with one attached hydrogen (secondary N) is 3. The number of aromatic amines is 2. The molecule has 7 rings (SSSR count). The number of nitrogens with zero attached hydrogens (tertiary/aromatic N) is 2. The summed E-state index contributed by atoms with van der Waals surface area (Å²) >= 11 is 6.16. The zero-order chi connectivity index (χ0) is 21.1. The molecule has 2 aromatic carbocycles. The quantitative estimate of drug-likeness (QED) is 0.443. The van der Waals surface area contributed by atoms with Gasteiger partial charge in [0.05, 0.1) is 22.2 Å². The Morgan fingerprint density at radius 2 is 1.90 bits per heavy atom. The molecule has 1 atom stereocenters. The van der Waals surface area contributed by atoms with Gasteiger partial charge in [0, 0.05) is 23.0 Å². The van der Waals surface area contributed by atoms with Crippen molar-refractivity contribution in [3.8, 4) is 11.4 Å². The minimum atomic E-state index is -0.148. The molecule has 0 unspecified atom stereocenters. The van der Waals surface area contributed by atoms with Gasteiger partial charge >= 0.3 is 0 Å². The van der Waals surface area contributed by atoms with Gasteiger partial charge in [0.25, 0.3) is 5.56 Å². The largest absolute Gasteiger partial charge is 0.379 e. The highest BCUT2D eigenvalue weighted by Gasteiger charge is 2.35. The Bertz CT molecular complexity index is 1370. The van der Waals surface area contributed by atoms with Crippen molar-refractivity contribution < 1.29 is 0 Å². The van der Waals surface area contributed by atoms with Gasteiger partial charge in [-0.3, -0.25) is 4.79 Å². The molecule has 158 valence electrons. The second-order valence-corrected chi connectivity index (χ2v) is 9.33. The van der Waals surface area contributed by atoms with E-state index in [-0.39, 0.29) is 5.56 Å². The van der Waals surface area contributed by atoms with E-state index in [1.807, 2.05) is 30.3 Å². The molecule has 0 spiro atoms. The van der Waals surface area contributed by atoms with Crippen LogP contribution >= 0.6 is 11.6 Å². The Labute approximate surface area is 184 Å². The van der Waals surface area contributed by atoms with Crippen molar-refractivity contribution in [2.24, 2.45) is 5.92 Å². The van der Waals surface area contributed by atoms with Crippen LogP contribution in [-0.2, 0) is 0 Å². The Balaban J connectivity index is 1.56. The molecular formula is C24H24ClN5O. The van der Waals surface area contributed by atoms with Gasteiger partial charge < -0.3 is 20.2 Å². The maximum Gasteiger partial charge on any atom is 0.261 e. The first-order chi connectivity index (χ1) is 15.0. The molecule has 31 heavy (non-hydrogen) atoms. The van der Waals surface area contributed by atoms with Crippen LogP contribution in [0.4, 0.5) is 5.69 Å². The normalized spacial score (nSPS) is 23.0. The summed E-state index contributed by atoms with van der Waals surface area (Å²) in [5, 5.41) is 5.44. The van der Waals surface area contributed by atoms with E-state index in [0.717, 1.165) is 39.7 Å². The molecule has 5 heterocycles. The summed E-state index contributed by atoms with van der Waals surface area (Å²) in [6.07, 6.45) is 2.41. The van der Waals surface area contributed by atoms with Crippen LogP contribution in [0.3, 0.4) is 0 Å². The summed E-state index contributed by atoms with van der Waals surface area (Å²) in [7, 11) is 0. The minimum absolute atomic E-state index is 0.148. The fraction of sp³-hybridized carbons (Fsp3) is 0.333. The lowest BCUT2D eigenvalue weighted by Gasteiger charge is -2.45. The van der Waals surface area contributed by atoms with E-state index in [2.05, 4.69) is 33.2 Å². The van der Waals surface area contributed by atoms with Gasteiger partial charge in [-0.2, -0.15) is 0 Å². The van der Waals surface area contributed by atoms with E-state index in [4.69, 9.17) is 16.6 Å². The number of benzene rings is 2. The minimum Gasteiger partial charge on any atom is -0.379 e. The van der Waals surface area contributed by atoms with Crippen molar-refractivity contribution in [2.75, 3.05) is 25.0 Å². The second kappa shape index (κ2) is 7.11. The summed E-state index contributed by atoms with van der Waals surface area (Å²) in [6.45, 7) is 5.44. The predicted octanol–water partition coefficient (Wildman–Crippen LogP) is 4.54. The number of rotatable bonds is 3. The van der Waals surface area contributed by atoms with Crippen LogP contribution in [0.5, 0.6) is 0 Å². The first kappa shape index (κ1) is 18.9. The van der Waals surface area contributed by atoms with Crippen LogP contribution in [0.15, 0.2) is 41.2 Å². The number of fused-ring (bicyclic) bond motifs is 5. The predicted molar refractivity (Wildman–Crippen MR) is 126 cm³/mol. The highest BCUT2D eigenvalue weighted by atomic mass is 35.5. The number of aromatic nitrogens is 3. The van der Waals surface area contributed by atoms with Crippen molar-refractivity contribution in [1.82, 2.24) is 19.9 Å². The smallest absolute Gasteiger partial charge is 0.261 e. The first-order valence-electron chi connectivity index (χ1n) is 10.9. The zero-order valence-electron chi connectivity index (χ0n) is 17.3. The molecule has 2 aromatic heterocycles. The number of aryl methyl sites for hydroxylation is 1. The van der Waals surface area contributed by atoms with E-state index in [1.54, 1.807) is 0 Å². The third-order valence-electron chi connectivity index (χ3n) is 6.84. The summed E-state index contributed by atoms with van der Waals surface area (Å²) in [5.41, 5.74) is 4.87. The first-order valence-corrected chi connectivity index (χ1v) is 11.2. The third kappa shape index (κ3) is 3.22. The van der Waals surface area contributed by atoms with Crippen LogP contribution in [0.25, 0.3) is 33.3 Å². The number of H-pyrrole nitrogens is 2. The molecule has 4 aromatic rings. The maximum absolute atomic E-state index is 13.3. The van der Waals surface area contributed by atoms with Gasteiger partial charge in [0.2, 0.25) is 0 Å². The van der Waals surface area contributed by atoms with E-state index in [0.29, 0.717) is 28.4 Å². The van der Waals surface area contributed by atoms with Gasteiger partial charge in [-0.05, 0) is 69.1 Å². The van der Waals surface area contributed by atoms with Crippen LogP contribution in [-0.4, -0.2) is 45.5 Å². The number of piperidine rings is 3. The molecule has 3 aliphatic rings. The number of halogens is 1. The Kier molecular flexibility index (Phi) is 4.33. The highest BCUT2D eigenvalue weighted by Crippen LogP contribution is 2.36. The summed E-state index contributed by atoms with van der Waals surface area (Å²) < 4.78 is 0. The summed E-state index contributed by atoms with van der Waals surface area (Å²) in [5.74, 6) is 1.19. The molecule has 3 aliphatic heterocycles. The molecule has 3 saturated heterocycles.